The van der Waals surface area contributed by atoms with E-state index in [9.17, 15) is 4.79 Å². The molecule has 0 unspecified atom stereocenters. The fraction of sp³-hybridized carbons (Fsp3) is 0.0625. The van der Waals surface area contributed by atoms with Gasteiger partial charge in [0, 0.05) is 14.7 Å². The number of carbonyl (C=O) groups excluding carboxylic acids is 1. The molecule has 0 bridgehead atoms. The molecule has 0 spiro atoms. The van der Waals surface area contributed by atoms with Gasteiger partial charge in [0.1, 0.15) is 5.75 Å². The highest BCUT2D eigenvalue weighted by atomic mass is 79.9. The van der Waals surface area contributed by atoms with Crippen LogP contribution in [0.15, 0.2) is 53.0 Å². The molecule has 0 radical (unpaired) electrons. The van der Waals surface area contributed by atoms with E-state index in [0.29, 0.717) is 5.56 Å². The Kier molecular flexibility index (Phi) is 3.59. The van der Waals surface area contributed by atoms with Gasteiger partial charge < -0.3 is 4.74 Å². The van der Waals surface area contributed by atoms with Crippen LogP contribution in [0.4, 0.5) is 0 Å². The van der Waals surface area contributed by atoms with Gasteiger partial charge in [-0.05, 0) is 51.6 Å². The number of hydrogen-bond donors (Lipinski definition) is 0. The van der Waals surface area contributed by atoms with Crippen LogP contribution in [0.2, 0.25) is 0 Å². The second kappa shape index (κ2) is 5.38. The molecule has 0 saturated carbocycles. The molecule has 0 N–H and O–H groups in total. The minimum Gasteiger partial charge on any atom is -0.497 e. The van der Waals surface area contributed by atoms with E-state index in [-0.39, 0.29) is 5.78 Å². The maximum absolute atomic E-state index is 12.6. The fourth-order valence-electron chi connectivity index (χ4n) is 2.03. The van der Waals surface area contributed by atoms with Gasteiger partial charge in [0.25, 0.3) is 0 Å². The molecule has 0 atom stereocenters. The Balaban J connectivity index is 2.03. The first-order chi connectivity index (χ1) is 9.69. The smallest absolute Gasteiger partial charge is 0.204 e. The minimum absolute atomic E-state index is 0.0285. The van der Waals surface area contributed by atoms with Gasteiger partial charge in [-0.15, -0.1) is 11.3 Å². The van der Waals surface area contributed by atoms with E-state index in [1.807, 2.05) is 30.3 Å². The lowest BCUT2D eigenvalue weighted by atomic mass is 10.1. The number of carbonyl (C=O) groups is 1. The van der Waals surface area contributed by atoms with Crippen LogP contribution in [0.25, 0.3) is 10.1 Å². The number of methoxy groups -OCH3 is 1. The average molecular weight is 347 g/mol. The van der Waals surface area contributed by atoms with Gasteiger partial charge in [-0.3, -0.25) is 4.79 Å². The third kappa shape index (κ3) is 2.37. The molecular formula is C16H11BrO2S. The summed E-state index contributed by atoms with van der Waals surface area (Å²) in [6.45, 7) is 0. The minimum atomic E-state index is 0.0285. The molecule has 3 aromatic rings. The Bertz CT molecular complexity index is 759. The lowest BCUT2D eigenvalue weighted by Gasteiger charge is -2.04. The maximum Gasteiger partial charge on any atom is 0.204 e. The highest BCUT2D eigenvalue weighted by molar-refractivity contribution is 9.10. The SMILES string of the molecule is COc1ccc(C(=O)c2cc3ccccc3s2)c(Br)c1. The summed E-state index contributed by atoms with van der Waals surface area (Å²) in [6.07, 6.45) is 0. The quantitative estimate of drug-likeness (QED) is 0.630. The van der Waals surface area contributed by atoms with Crippen LogP contribution < -0.4 is 4.74 Å². The molecule has 0 aliphatic carbocycles. The van der Waals surface area contributed by atoms with Crippen molar-refractivity contribution in [3.63, 3.8) is 0 Å². The van der Waals surface area contributed by atoms with Crippen molar-refractivity contribution in [2.75, 3.05) is 7.11 Å². The molecule has 20 heavy (non-hydrogen) atoms. The summed E-state index contributed by atoms with van der Waals surface area (Å²) >= 11 is 4.95. The van der Waals surface area contributed by atoms with Crippen LogP contribution in [0.1, 0.15) is 15.2 Å². The Morgan fingerprint density at radius 3 is 2.65 bits per heavy atom. The summed E-state index contributed by atoms with van der Waals surface area (Å²) in [5, 5.41) is 1.10. The van der Waals surface area contributed by atoms with Crippen molar-refractivity contribution in [1.29, 1.82) is 0 Å². The van der Waals surface area contributed by atoms with Gasteiger partial charge in [0.15, 0.2) is 0 Å². The topological polar surface area (TPSA) is 26.3 Å². The zero-order valence-electron chi connectivity index (χ0n) is 10.7. The second-order valence-electron chi connectivity index (χ2n) is 4.32. The predicted octanol–water partition coefficient (Wildman–Crippen LogP) is 4.90. The number of ketones is 1. The van der Waals surface area contributed by atoms with Gasteiger partial charge in [-0.1, -0.05) is 18.2 Å². The normalized spacial score (nSPS) is 10.7. The number of rotatable bonds is 3. The van der Waals surface area contributed by atoms with Gasteiger partial charge in [0.05, 0.1) is 12.0 Å². The molecule has 0 amide bonds. The molecule has 4 heteroatoms. The Morgan fingerprint density at radius 1 is 1.15 bits per heavy atom. The van der Waals surface area contributed by atoms with Crippen molar-refractivity contribution < 1.29 is 9.53 Å². The zero-order valence-corrected chi connectivity index (χ0v) is 13.1. The van der Waals surface area contributed by atoms with Crippen molar-refractivity contribution >= 4 is 43.1 Å². The van der Waals surface area contributed by atoms with Crippen LogP contribution in [0, 0.1) is 0 Å². The third-order valence-corrected chi connectivity index (χ3v) is 4.84. The van der Waals surface area contributed by atoms with E-state index in [0.717, 1.165) is 25.2 Å². The summed E-state index contributed by atoms with van der Waals surface area (Å²) < 4.78 is 7.02. The molecule has 100 valence electrons. The zero-order chi connectivity index (χ0) is 14.1. The number of fused-ring (bicyclic) bond motifs is 1. The molecule has 0 aliphatic rings. The largest absolute Gasteiger partial charge is 0.497 e. The predicted molar refractivity (Wildman–Crippen MR) is 86.0 cm³/mol. The van der Waals surface area contributed by atoms with Gasteiger partial charge in [0.2, 0.25) is 5.78 Å². The van der Waals surface area contributed by atoms with Crippen molar-refractivity contribution in [3.8, 4) is 5.75 Å². The number of ether oxygens (including phenoxy) is 1. The van der Waals surface area contributed by atoms with E-state index in [1.54, 1.807) is 25.3 Å². The number of halogens is 1. The summed E-state index contributed by atoms with van der Waals surface area (Å²) in [7, 11) is 1.61. The van der Waals surface area contributed by atoms with Crippen LogP contribution in [-0.2, 0) is 0 Å². The van der Waals surface area contributed by atoms with E-state index < -0.39 is 0 Å². The Hall–Kier alpha value is -1.65. The van der Waals surface area contributed by atoms with Gasteiger partial charge in [-0.25, -0.2) is 0 Å². The molecule has 3 rings (SSSR count). The summed E-state index contributed by atoms with van der Waals surface area (Å²) in [5.41, 5.74) is 0.650. The van der Waals surface area contributed by atoms with E-state index in [4.69, 9.17) is 4.74 Å². The summed E-state index contributed by atoms with van der Waals surface area (Å²) in [6, 6.07) is 15.3. The molecule has 2 aromatic carbocycles. The monoisotopic (exact) mass is 346 g/mol. The van der Waals surface area contributed by atoms with Crippen LogP contribution in [-0.4, -0.2) is 12.9 Å². The second-order valence-corrected chi connectivity index (χ2v) is 6.26. The molecule has 1 aromatic heterocycles. The van der Waals surface area contributed by atoms with E-state index >= 15 is 0 Å². The maximum atomic E-state index is 12.6. The van der Waals surface area contributed by atoms with Crippen LogP contribution in [0.5, 0.6) is 5.75 Å². The molecule has 2 nitrogen and oxygen atoms in total. The van der Waals surface area contributed by atoms with Crippen LogP contribution in [0.3, 0.4) is 0 Å². The first kappa shape index (κ1) is 13.3. The highest BCUT2D eigenvalue weighted by Crippen LogP contribution is 2.30. The first-order valence-electron chi connectivity index (χ1n) is 6.06. The van der Waals surface area contributed by atoms with Crippen molar-refractivity contribution in [1.82, 2.24) is 0 Å². The number of thiophene rings is 1. The lowest BCUT2D eigenvalue weighted by molar-refractivity contribution is 0.104. The third-order valence-electron chi connectivity index (χ3n) is 3.07. The first-order valence-corrected chi connectivity index (χ1v) is 7.67. The number of hydrogen-bond acceptors (Lipinski definition) is 3. The van der Waals surface area contributed by atoms with E-state index in [1.165, 1.54) is 11.3 Å². The summed E-state index contributed by atoms with van der Waals surface area (Å²) in [4.78, 5) is 13.3. The molecular weight excluding hydrogens is 336 g/mol. The van der Waals surface area contributed by atoms with Crippen LogP contribution >= 0.6 is 27.3 Å². The Labute approximate surface area is 129 Å². The van der Waals surface area contributed by atoms with Crippen molar-refractivity contribution in [2.24, 2.45) is 0 Å². The van der Waals surface area contributed by atoms with E-state index in [2.05, 4.69) is 15.9 Å². The summed E-state index contributed by atoms with van der Waals surface area (Å²) in [5.74, 6) is 0.755. The fourth-order valence-corrected chi connectivity index (χ4v) is 3.59. The molecule has 0 saturated heterocycles. The van der Waals surface area contributed by atoms with Crippen molar-refractivity contribution in [3.05, 3.63) is 63.4 Å². The molecule has 0 aliphatic heterocycles. The molecule has 1 heterocycles. The Morgan fingerprint density at radius 2 is 1.95 bits per heavy atom. The standard InChI is InChI=1S/C16H11BrO2S/c1-19-11-6-7-12(13(17)9-11)16(18)15-8-10-4-2-3-5-14(10)20-15/h2-9H,1H3. The average Bonchev–Trinajstić information content (AvgIpc) is 2.90. The van der Waals surface area contributed by atoms with Crippen molar-refractivity contribution in [2.45, 2.75) is 0 Å². The number of benzene rings is 2. The lowest BCUT2D eigenvalue weighted by Crippen LogP contribution is -2.00. The van der Waals surface area contributed by atoms with Gasteiger partial charge in [-0.2, -0.15) is 0 Å². The van der Waals surface area contributed by atoms with Gasteiger partial charge >= 0.3 is 0 Å². The highest BCUT2D eigenvalue weighted by Gasteiger charge is 2.15. The molecule has 0 fully saturated rings.